The van der Waals surface area contributed by atoms with E-state index in [-0.39, 0.29) is 0 Å². The third kappa shape index (κ3) is 3.26. The molecule has 0 fully saturated rings. The number of methoxy groups -OCH3 is 1. The zero-order valence-electron chi connectivity index (χ0n) is 11.3. The minimum absolute atomic E-state index is 0.414. The van der Waals surface area contributed by atoms with E-state index in [1.54, 1.807) is 31.0 Å². The van der Waals surface area contributed by atoms with Crippen molar-refractivity contribution in [2.45, 2.75) is 13.7 Å². The summed E-state index contributed by atoms with van der Waals surface area (Å²) < 4.78 is 6.98. The summed E-state index contributed by atoms with van der Waals surface area (Å²) in [6.07, 6.45) is 1.96. The second-order valence-electron chi connectivity index (χ2n) is 3.93. The zero-order chi connectivity index (χ0) is 15.7. The third-order valence-corrected chi connectivity index (χ3v) is 6.22. The lowest BCUT2D eigenvalue weighted by Gasteiger charge is -2.07. The first-order chi connectivity index (χ1) is 10.6. The van der Waals surface area contributed by atoms with Crippen LogP contribution >= 0.6 is 58.1 Å². The van der Waals surface area contributed by atoms with Gasteiger partial charge in [-0.2, -0.15) is 0 Å². The summed E-state index contributed by atoms with van der Waals surface area (Å²) in [6.45, 7) is 0. The van der Waals surface area contributed by atoms with E-state index in [1.807, 2.05) is 6.26 Å². The molecule has 0 saturated carbocycles. The predicted octanol–water partition coefficient (Wildman–Crippen LogP) is 4.67. The third-order valence-electron chi connectivity index (χ3n) is 2.58. The molecule has 0 radical (unpaired) electrons. The highest BCUT2D eigenvalue weighted by Crippen LogP contribution is 2.37. The van der Waals surface area contributed by atoms with Crippen molar-refractivity contribution in [1.82, 2.24) is 20.2 Å². The first-order valence-corrected chi connectivity index (χ1v) is 9.48. The Morgan fingerprint density at radius 1 is 1.05 bits per heavy atom. The molecule has 3 rings (SSSR count). The Morgan fingerprint density at radius 2 is 1.68 bits per heavy atom. The van der Waals surface area contributed by atoms with Crippen molar-refractivity contribution in [2.24, 2.45) is 0 Å². The van der Waals surface area contributed by atoms with Gasteiger partial charge in [0.15, 0.2) is 13.7 Å². The molecule has 114 valence electrons. The molecular formula is C12H8Cl2N4OS3. The van der Waals surface area contributed by atoms with E-state index in [2.05, 4.69) is 20.2 Å². The molecule has 0 aliphatic rings. The van der Waals surface area contributed by atoms with E-state index < -0.39 is 0 Å². The summed E-state index contributed by atoms with van der Waals surface area (Å²) in [6, 6.07) is 3.35. The Balaban J connectivity index is 2.05. The van der Waals surface area contributed by atoms with Crippen LogP contribution in [0.15, 0.2) is 25.8 Å². The monoisotopic (exact) mass is 390 g/mol. The molecular weight excluding hydrogens is 383 g/mol. The number of nitrogens with zero attached hydrogens (tertiary/aromatic N) is 4. The normalized spacial score (nSPS) is 11.1. The highest BCUT2D eigenvalue weighted by atomic mass is 35.5. The maximum absolute atomic E-state index is 6.04. The van der Waals surface area contributed by atoms with Gasteiger partial charge in [0.25, 0.3) is 0 Å². The molecule has 5 nitrogen and oxygen atoms in total. The quantitative estimate of drug-likeness (QED) is 0.599. The van der Waals surface area contributed by atoms with Gasteiger partial charge in [0, 0.05) is 0 Å². The number of halogens is 2. The van der Waals surface area contributed by atoms with Crippen LogP contribution in [0.25, 0.3) is 11.0 Å². The molecule has 3 aromatic rings. The summed E-state index contributed by atoms with van der Waals surface area (Å²) in [5.41, 5.74) is 1.27. The van der Waals surface area contributed by atoms with Gasteiger partial charge in [-0.25, -0.2) is 9.97 Å². The van der Waals surface area contributed by atoms with Crippen LogP contribution in [0.2, 0.25) is 10.0 Å². The summed E-state index contributed by atoms with van der Waals surface area (Å²) in [4.78, 5) is 8.96. The largest absolute Gasteiger partial charge is 0.479 e. The SMILES string of the molecule is COc1nc2cc(Cl)c(Cl)cc2nc1Sc1nnc(SC)s1. The highest BCUT2D eigenvalue weighted by Gasteiger charge is 2.15. The minimum atomic E-state index is 0.414. The van der Waals surface area contributed by atoms with Gasteiger partial charge in [0.05, 0.1) is 28.2 Å². The van der Waals surface area contributed by atoms with Gasteiger partial charge in [-0.3, -0.25) is 0 Å². The molecule has 0 aliphatic heterocycles. The average Bonchev–Trinajstić information content (AvgIpc) is 2.96. The number of fused-ring (bicyclic) bond motifs is 1. The van der Waals surface area contributed by atoms with E-state index >= 15 is 0 Å². The van der Waals surface area contributed by atoms with Gasteiger partial charge in [-0.15, -0.1) is 10.2 Å². The standard InChI is InChI=1S/C12H8Cl2N4OS3/c1-19-9-10(21-12-18-17-11(20-2)22-12)16-8-4-6(14)5(13)3-7(8)15-9/h3-4H,1-2H3. The van der Waals surface area contributed by atoms with Crippen LogP contribution in [0.1, 0.15) is 0 Å². The smallest absolute Gasteiger partial charge is 0.247 e. The fourth-order valence-corrected chi connectivity index (χ4v) is 4.35. The van der Waals surface area contributed by atoms with Gasteiger partial charge in [-0.05, 0) is 30.2 Å². The van der Waals surface area contributed by atoms with E-state index in [9.17, 15) is 0 Å². The van der Waals surface area contributed by atoms with Crippen molar-refractivity contribution >= 4 is 69.1 Å². The number of benzene rings is 1. The van der Waals surface area contributed by atoms with Crippen LogP contribution in [0, 0.1) is 0 Å². The Kier molecular flexibility index (Phi) is 4.94. The number of hydrogen-bond acceptors (Lipinski definition) is 8. The molecule has 0 amide bonds. The van der Waals surface area contributed by atoms with Gasteiger partial charge in [-0.1, -0.05) is 46.3 Å². The van der Waals surface area contributed by atoms with Gasteiger partial charge >= 0.3 is 0 Å². The minimum Gasteiger partial charge on any atom is -0.479 e. The van der Waals surface area contributed by atoms with E-state index in [4.69, 9.17) is 27.9 Å². The van der Waals surface area contributed by atoms with Crippen molar-refractivity contribution in [2.75, 3.05) is 13.4 Å². The number of thioether (sulfide) groups is 1. The number of hydrogen-bond donors (Lipinski definition) is 0. The van der Waals surface area contributed by atoms with Gasteiger partial charge in [0.2, 0.25) is 5.88 Å². The molecule has 0 bridgehead atoms. The molecule has 0 unspecified atom stereocenters. The lowest BCUT2D eigenvalue weighted by atomic mass is 10.3. The molecule has 22 heavy (non-hydrogen) atoms. The molecule has 0 aliphatic carbocycles. The topological polar surface area (TPSA) is 60.8 Å². The average molecular weight is 391 g/mol. The van der Waals surface area contributed by atoms with Crippen molar-refractivity contribution < 1.29 is 4.74 Å². The molecule has 2 heterocycles. The van der Waals surface area contributed by atoms with E-state index in [0.717, 1.165) is 8.68 Å². The molecule has 10 heteroatoms. The first kappa shape index (κ1) is 16.1. The summed E-state index contributed by atoms with van der Waals surface area (Å²) in [7, 11) is 1.55. The van der Waals surface area contributed by atoms with Crippen LogP contribution in [0.3, 0.4) is 0 Å². The Labute approximate surface area is 148 Å². The van der Waals surface area contributed by atoms with Crippen molar-refractivity contribution in [1.29, 1.82) is 0 Å². The fourth-order valence-electron chi connectivity index (χ4n) is 1.62. The Hall–Kier alpha value is -0.800. The molecule has 0 spiro atoms. The maximum atomic E-state index is 6.04. The second kappa shape index (κ2) is 6.76. The summed E-state index contributed by atoms with van der Waals surface area (Å²) in [5, 5.41) is 9.64. The molecule has 1 aromatic carbocycles. The molecule has 2 aromatic heterocycles. The first-order valence-electron chi connectivity index (χ1n) is 5.87. The summed E-state index contributed by atoms with van der Waals surface area (Å²) in [5.74, 6) is 0.414. The highest BCUT2D eigenvalue weighted by molar-refractivity contribution is 8.03. The Bertz CT molecular complexity index is 843. The molecule has 0 N–H and O–H groups in total. The second-order valence-corrected chi connectivity index (χ2v) is 8.01. The van der Waals surface area contributed by atoms with Crippen LogP contribution in [-0.2, 0) is 0 Å². The van der Waals surface area contributed by atoms with Gasteiger partial charge in [0.1, 0.15) is 0 Å². The van der Waals surface area contributed by atoms with Crippen molar-refractivity contribution in [3.05, 3.63) is 22.2 Å². The Morgan fingerprint density at radius 3 is 2.27 bits per heavy atom. The number of ether oxygens (including phenoxy) is 1. The maximum Gasteiger partial charge on any atom is 0.247 e. The molecule has 0 saturated heterocycles. The van der Waals surface area contributed by atoms with Crippen molar-refractivity contribution in [3.63, 3.8) is 0 Å². The number of rotatable bonds is 4. The zero-order valence-corrected chi connectivity index (χ0v) is 15.3. The van der Waals surface area contributed by atoms with Gasteiger partial charge < -0.3 is 4.74 Å². The van der Waals surface area contributed by atoms with E-state index in [1.165, 1.54) is 23.1 Å². The fraction of sp³-hybridized carbons (Fsp3) is 0.167. The van der Waals surface area contributed by atoms with Crippen LogP contribution < -0.4 is 4.74 Å². The van der Waals surface area contributed by atoms with Crippen LogP contribution in [0.5, 0.6) is 5.88 Å². The van der Waals surface area contributed by atoms with Crippen LogP contribution in [-0.4, -0.2) is 33.5 Å². The van der Waals surface area contributed by atoms with Crippen LogP contribution in [0.4, 0.5) is 0 Å². The summed E-state index contributed by atoms with van der Waals surface area (Å²) >= 11 is 16.4. The predicted molar refractivity (Wildman–Crippen MR) is 91.9 cm³/mol. The van der Waals surface area contributed by atoms with Crippen molar-refractivity contribution in [3.8, 4) is 5.88 Å². The lowest BCUT2D eigenvalue weighted by molar-refractivity contribution is 0.385. The lowest BCUT2D eigenvalue weighted by Crippen LogP contribution is -1.95. The number of aromatic nitrogens is 4. The van der Waals surface area contributed by atoms with E-state index in [0.29, 0.717) is 32.0 Å². The molecule has 0 atom stereocenters.